The predicted molar refractivity (Wildman–Crippen MR) is 66.6 cm³/mol. The number of hydrogen-bond acceptors (Lipinski definition) is 4. The van der Waals surface area contributed by atoms with Crippen molar-refractivity contribution in [3.05, 3.63) is 35.3 Å². The van der Waals surface area contributed by atoms with E-state index in [1.165, 1.54) is 6.33 Å². The zero-order chi connectivity index (χ0) is 13.1. The molecule has 0 bridgehead atoms. The molecule has 96 valence electrons. The lowest BCUT2D eigenvalue weighted by atomic mass is 10.2. The highest BCUT2D eigenvalue weighted by atomic mass is 35.5. The van der Waals surface area contributed by atoms with Gasteiger partial charge in [0.15, 0.2) is 11.0 Å². The number of nitrogens with zero attached hydrogens (tertiary/aromatic N) is 3. The van der Waals surface area contributed by atoms with Crippen LogP contribution in [-0.2, 0) is 13.0 Å². The minimum Gasteiger partial charge on any atom is -0.442 e. The van der Waals surface area contributed by atoms with Crippen molar-refractivity contribution >= 4 is 17.4 Å². The molecule has 0 aliphatic carbocycles. The van der Waals surface area contributed by atoms with Gasteiger partial charge in [-0.25, -0.2) is 9.67 Å². The van der Waals surface area contributed by atoms with Gasteiger partial charge in [-0.05, 0) is 29.7 Å². The molecular weight excluding hydrogens is 254 g/mol. The predicted octanol–water partition coefficient (Wildman–Crippen LogP) is 2.61. The number of carbonyl (C=O) groups excluding carboxylic acids is 1. The minimum absolute atomic E-state index is 0.153. The van der Waals surface area contributed by atoms with E-state index < -0.39 is 0 Å². The Morgan fingerprint density at radius 3 is 2.89 bits per heavy atom. The summed E-state index contributed by atoms with van der Waals surface area (Å²) in [5.74, 6) is 1.18. The van der Waals surface area contributed by atoms with Gasteiger partial charge in [-0.15, -0.1) is 0 Å². The van der Waals surface area contributed by atoms with Crippen LogP contribution in [0, 0.1) is 5.92 Å². The third kappa shape index (κ3) is 2.98. The average Bonchev–Trinajstić information content (AvgIpc) is 2.88. The van der Waals surface area contributed by atoms with E-state index in [-0.39, 0.29) is 23.2 Å². The number of Topliss-reactive ketones (excluding diaryl/α,β-unsaturated/α-hetero) is 1. The molecule has 0 aromatic carbocycles. The van der Waals surface area contributed by atoms with Crippen LogP contribution in [0.25, 0.3) is 0 Å². The Labute approximate surface area is 110 Å². The molecule has 0 aliphatic rings. The fourth-order valence-corrected chi connectivity index (χ4v) is 1.76. The van der Waals surface area contributed by atoms with Gasteiger partial charge in [0.05, 0.1) is 6.42 Å². The van der Waals surface area contributed by atoms with Crippen molar-refractivity contribution in [1.82, 2.24) is 14.8 Å². The smallest absolute Gasteiger partial charge is 0.205 e. The molecule has 0 fully saturated rings. The van der Waals surface area contributed by atoms with Gasteiger partial charge in [-0.1, -0.05) is 13.8 Å². The molecule has 0 amide bonds. The highest BCUT2D eigenvalue weighted by Gasteiger charge is 2.15. The molecule has 0 unspecified atom stereocenters. The van der Waals surface area contributed by atoms with E-state index in [0.29, 0.717) is 11.7 Å². The molecule has 5 nitrogen and oxygen atoms in total. The number of furan rings is 1. The first kappa shape index (κ1) is 12.8. The molecule has 2 aromatic rings. The van der Waals surface area contributed by atoms with Gasteiger partial charge in [0.1, 0.15) is 12.2 Å². The van der Waals surface area contributed by atoms with E-state index in [2.05, 4.69) is 23.9 Å². The molecular formula is C12H14ClN3O2. The third-order valence-electron chi connectivity index (χ3n) is 2.40. The second-order valence-electron chi connectivity index (χ2n) is 4.46. The van der Waals surface area contributed by atoms with Crippen LogP contribution in [0.1, 0.15) is 30.2 Å². The van der Waals surface area contributed by atoms with Crippen LogP contribution >= 0.6 is 11.6 Å². The minimum atomic E-state index is -0.153. The van der Waals surface area contributed by atoms with Crippen LogP contribution in [0.2, 0.25) is 5.22 Å². The zero-order valence-corrected chi connectivity index (χ0v) is 11.0. The Hall–Kier alpha value is -1.62. The second-order valence-corrected chi connectivity index (χ2v) is 4.83. The van der Waals surface area contributed by atoms with Crippen LogP contribution in [-0.4, -0.2) is 20.5 Å². The van der Waals surface area contributed by atoms with Gasteiger partial charge in [-0.3, -0.25) is 4.79 Å². The molecule has 2 aromatic heterocycles. The van der Waals surface area contributed by atoms with E-state index in [1.807, 2.05) is 0 Å². The number of ketones is 1. The molecule has 0 atom stereocenters. The van der Waals surface area contributed by atoms with Gasteiger partial charge in [0.2, 0.25) is 5.78 Å². The third-order valence-corrected chi connectivity index (χ3v) is 2.60. The monoisotopic (exact) mass is 267 g/mol. The summed E-state index contributed by atoms with van der Waals surface area (Å²) in [5.41, 5.74) is 0. The summed E-state index contributed by atoms with van der Waals surface area (Å²) < 4.78 is 6.82. The van der Waals surface area contributed by atoms with Gasteiger partial charge >= 0.3 is 0 Å². The molecule has 0 radical (unpaired) electrons. The van der Waals surface area contributed by atoms with E-state index in [0.717, 1.165) is 6.54 Å². The summed E-state index contributed by atoms with van der Waals surface area (Å²) in [6.45, 7) is 4.90. The van der Waals surface area contributed by atoms with E-state index in [1.54, 1.807) is 16.8 Å². The lowest BCUT2D eigenvalue weighted by Crippen LogP contribution is -2.14. The van der Waals surface area contributed by atoms with E-state index in [4.69, 9.17) is 16.0 Å². The Morgan fingerprint density at radius 2 is 2.28 bits per heavy atom. The summed E-state index contributed by atoms with van der Waals surface area (Å²) in [5, 5.41) is 4.32. The molecule has 2 rings (SSSR count). The van der Waals surface area contributed by atoms with Crippen LogP contribution < -0.4 is 0 Å². The van der Waals surface area contributed by atoms with Crippen molar-refractivity contribution in [1.29, 1.82) is 0 Å². The zero-order valence-electron chi connectivity index (χ0n) is 10.3. The maximum atomic E-state index is 11.9. The lowest BCUT2D eigenvalue weighted by molar-refractivity contribution is 0.0962. The lowest BCUT2D eigenvalue weighted by Gasteiger charge is -2.07. The average molecular weight is 268 g/mol. The van der Waals surface area contributed by atoms with Crippen molar-refractivity contribution in [2.24, 2.45) is 5.92 Å². The molecule has 0 N–H and O–H groups in total. The Balaban J connectivity index is 2.10. The van der Waals surface area contributed by atoms with Gasteiger partial charge in [0, 0.05) is 6.54 Å². The number of hydrogen-bond donors (Lipinski definition) is 0. The molecule has 0 saturated carbocycles. The van der Waals surface area contributed by atoms with Crippen LogP contribution in [0.4, 0.5) is 0 Å². The highest BCUT2D eigenvalue weighted by Crippen LogP contribution is 2.15. The fourth-order valence-electron chi connectivity index (χ4n) is 1.62. The standard InChI is InChI=1S/C12H14ClN3O2/c1-8(2)6-16-12(14-7-15-16)5-9(17)10-3-4-11(13)18-10/h3-4,7-8H,5-6H2,1-2H3. The Bertz CT molecular complexity index is 545. The summed E-state index contributed by atoms with van der Waals surface area (Å²) >= 11 is 5.63. The first-order chi connectivity index (χ1) is 8.56. The molecule has 6 heteroatoms. The Kier molecular flexibility index (Phi) is 3.81. The van der Waals surface area contributed by atoms with Gasteiger partial charge < -0.3 is 4.42 Å². The molecule has 18 heavy (non-hydrogen) atoms. The van der Waals surface area contributed by atoms with Crippen molar-refractivity contribution in [2.75, 3.05) is 0 Å². The molecule has 0 saturated heterocycles. The number of halogens is 1. The summed E-state index contributed by atoms with van der Waals surface area (Å²) in [6.07, 6.45) is 1.62. The maximum absolute atomic E-state index is 11.9. The SMILES string of the molecule is CC(C)Cn1ncnc1CC(=O)c1ccc(Cl)o1. The summed E-state index contributed by atoms with van der Waals surface area (Å²) in [4.78, 5) is 16.0. The normalized spacial score (nSPS) is 11.1. The Morgan fingerprint density at radius 1 is 1.50 bits per heavy atom. The van der Waals surface area contributed by atoms with E-state index >= 15 is 0 Å². The second kappa shape index (κ2) is 5.35. The number of carbonyl (C=O) groups is 1. The molecule has 2 heterocycles. The number of aromatic nitrogens is 3. The van der Waals surface area contributed by atoms with Crippen molar-refractivity contribution < 1.29 is 9.21 Å². The van der Waals surface area contributed by atoms with E-state index in [9.17, 15) is 4.79 Å². The molecule has 0 aliphatic heterocycles. The first-order valence-corrected chi connectivity index (χ1v) is 6.09. The highest BCUT2D eigenvalue weighted by molar-refractivity contribution is 6.29. The largest absolute Gasteiger partial charge is 0.442 e. The summed E-state index contributed by atoms with van der Waals surface area (Å²) in [7, 11) is 0. The summed E-state index contributed by atoms with van der Waals surface area (Å²) in [6, 6.07) is 3.11. The van der Waals surface area contributed by atoms with Crippen LogP contribution in [0.5, 0.6) is 0 Å². The topological polar surface area (TPSA) is 60.9 Å². The maximum Gasteiger partial charge on any atom is 0.205 e. The van der Waals surface area contributed by atoms with Crippen molar-refractivity contribution in [3.63, 3.8) is 0 Å². The first-order valence-electron chi connectivity index (χ1n) is 5.71. The van der Waals surface area contributed by atoms with Crippen molar-refractivity contribution in [2.45, 2.75) is 26.8 Å². The van der Waals surface area contributed by atoms with Gasteiger partial charge in [0.25, 0.3) is 0 Å². The van der Waals surface area contributed by atoms with Crippen molar-refractivity contribution in [3.8, 4) is 0 Å². The quantitative estimate of drug-likeness (QED) is 0.781. The molecule has 0 spiro atoms. The fraction of sp³-hybridized carbons (Fsp3) is 0.417. The van der Waals surface area contributed by atoms with Crippen LogP contribution in [0.15, 0.2) is 22.9 Å². The number of rotatable bonds is 5. The van der Waals surface area contributed by atoms with Gasteiger partial charge in [-0.2, -0.15) is 5.10 Å². The van der Waals surface area contributed by atoms with Crippen LogP contribution in [0.3, 0.4) is 0 Å².